The summed E-state index contributed by atoms with van der Waals surface area (Å²) in [7, 11) is 0. The normalized spacial score (nSPS) is 29.2. The number of phenolic OH excluding ortho intramolecular Hbond substituents is 1. The maximum atomic E-state index is 14.5. The van der Waals surface area contributed by atoms with Gasteiger partial charge in [-0.2, -0.15) is 0 Å². The second-order valence-electron chi connectivity index (χ2n) is 17.9. The van der Waals surface area contributed by atoms with Crippen LogP contribution in [0.15, 0.2) is 18.2 Å². The van der Waals surface area contributed by atoms with Crippen LogP contribution in [0.5, 0.6) is 11.5 Å². The average Bonchev–Trinajstić information content (AvgIpc) is 3.79. The second kappa shape index (κ2) is 24.3. The van der Waals surface area contributed by atoms with Crippen molar-refractivity contribution in [1.29, 1.82) is 0 Å². The molecular weight excluding hydrogens is 945 g/mol. The summed E-state index contributed by atoms with van der Waals surface area (Å²) in [5.41, 5.74) is 4.34. The molecule has 0 aromatic heterocycles. The van der Waals surface area contributed by atoms with Gasteiger partial charge >= 0.3 is 6.09 Å². The van der Waals surface area contributed by atoms with E-state index >= 15 is 0 Å². The Morgan fingerprint density at radius 1 is 0.870 bits per heavy atom. The van der Waals surface area contributed by atoms with E-state index < -0.39 is 183 Å². The Labute approximate surface area is 398 Å². The quantitative estimate of drug-likeness (QED) is 0.0402. The van der Waals surface area contributed by atoms with Gasteiger partial charge in [0.05, 0.1) is 43.0 Å². The number of amides is 8. The molecule has 13 atom stereocenters. The van der Waals surface area contributed by atoms with Crippen molar-refractivity contribution in [1.82, 2.24) is 36.4 Å². The topological polar surface area (TPSA) is 428 Å². The number of carbonyl (C=O) groups excluding carboxylic acids is 8. The predicted molar refractivity (Wildman–Crippen MR) is 232 cm³/mol. The Hall–Kier alpha value is -5.63. The van der Waals surface area contributed by atoms with Crippen LogP contribution in [0.3, 0.4) is 0 Å². The summed E-state index contributed by atoms with van der Waals surface area (Å²) in [5.74, 6) is -10.2. The summed E-state index contributed by atoms with van der Waals surface area (Å²) < 4.78 is 14.5. The molecule has 3 heterocycles. The number of primary amides is 1. The molecule has 15 N–H and O–H groups in total. The van der Waals surface area contributed by atoms with Crippen LogP contribution in [0, 0.1) is 5.92 Å². The summed E-state index contributed by atoms with van der Waals surface area (Å²) in [4.78, 5) is 112. The van der Waals surface area contributed by atoms with Crippen molar-refractivity contribution in [2.75, 3.05) is 19.6 Å². The number of nitrogens with two attached hydrogens (primary N) is 1. The number of aliphatic hydroxyl groups is 6. The number of ether oxygens (including phenoxy) is 1. The van der Waals surface area contributed by atoms with E-state index in [1.807, 2.05) is 0 Å². The van der Waals surface area contributed by atoms with Crippen molar-refractivity contribution in [2.45, 2.75) is 139 Å². The molecule has 7 unspecified atom stereocenters. The highest BCUT2D eigenvalue weighted by atomic mass is 32.2. The fourth-order valence-corrected chi connectivity index (χ4v) is 8.13. The van der Waals surface area contributed by atoms with Crippen LogP contribution in [0.1, 0.15) is 59.4 Å². The SMILES string of the molecule is CC(O)C1NC(=O)[C@@H](NC(=O)OC(C)(C)C)C[C@H](O)CNC(=O)C2[C@@H](O)C(C)CN2C(=O)[C@H]([C@H](O)CC(N)=O)NC(=O)C([C@H](O)Cc2ccc(O)c(OSOOO)c2)NC(=O)C2CC(O)CN2C1=O. The number of β-amino-alcohol motifs (C(OH)–C–C–N with tert-alkyl or cyclic N) is 1. The molecular formula is C40H60N8O20S. The largest absolute Gasteiger partial charge is 0.504 e. The lowest BCUT2D eigenvalue weighted by atomic mass is 9.98. The smallest absolute Gasteiger partial charge is 0.408 e. The summed E-state index contributed by atoms with van der Waals surface area (Å²) in [6.45, 7) is 5.44. The summed E-state index contributed by atoms with van der Waals surface area (Å²) in [6, 6.07) is -8.04. The number of fused-ring (bicyclic) bond motifs is 2. The molecule has 0 bridgehead atoms. The standard InChI is InChI=1S/C40H60N8O20S/c1-16-14-48-31(32(16)56)36(60)42-13-19(50)10-21(43-39(63)65-40(3,4)5)33(57)44-28(17(2)49)37(61)47-15-20(51)11-22(47)34(58)45-29(35(59)46-30(38(48)62)25(54)12-27(41)55)24(53)8-18-6-7-23(52)26(9-18)66-69-68-67-64/h6-7,9,16-17,19-22,24-25,28-32,49-54,56,64H,8,10-15H2,1-5H3,(H2,41,55)(H,42,60)(H,43,63)(H,44,57)(H,45,58)(H,46,59)/t16?,17?,19-,20?,21-,22?,24+,25+,28?,29?,30-,31?,32-/m0/s1. The number of phenols is 1. The fourth-order valence-electron chi connectivity index (χ4n) is 7.87. The number of carbonyl (C=O) groups is 8. The third-order valence-electron chi connectivity index (χ3n) is 11.2. The Kier molecular flexibility index (Phi) is 19.7. The highest BCUT2D eigenvalue weighted by molar-refractivity contribution is 7.90. The first kappa shape index (κ1) is 56.0. The second-order valence-corrected chi connectivity index (χ2v) is 18.4. The average molecular weight is 1010 g/mol. The molecule has 0 aliphatic carbocycles. The zero-order valence-corrected chi connectivity index (χ0v) is 38.9. The maximum absolute atomic E-state index is 14.5. The molecule has 3 fully saturated rings. The van der Waals surface area contributed by atoms with Gasteiger partial charge in [0, 0.05) is 44.8 Å². The molecule has 29 heteroatoms. The number of hydrogen-bond acceptors (Lipinski definition) is 21. The Balaban J connectivity index is 1.85. The van der Waals surface area contributed by atoms with Crippen molar-refractivity contribution in [3.05, 3.63) is 23.8 Å². The zero-order valence-electron chi connectivity index (χ0n) is 38.0. The predicted octanol–water partition coefficient (Wildman–Crippen LogP) is -5.33. The highest BCUT2D eigenvalue weighted by Crippen LogP contribution is 2.31. The summed E-state index contributed by atoms with van der Waals surface area (Å²) in [5, 5.41) is 100. The van der Waals surface area contributed by atoms with E-state index in [1.54, 1.807) is 0 Å². The van der Waals surface area contributed by atoms with Crippen LogP contribution in [-0.4, -0.2) is 196 Å². The third kappa shape index (κ3) is 15.2. The lowest BCUT2D eigenvalue weighted by Gasteiger charge is -2.33. The number of nitrogens with zero attached hydrogens (tertiary/aromatic N) is 2. The number of aliphatic hydroxyl groups excluding tert-OH is 6. The minimum atomic E-state index is -2.20. The van der Waals surface area contributed by atoms with E-state index in [0.717, 1.165) is 28.9 Å². The molecule has 4 rings (SSSR count). The summed E-state index contributed by atoms with van der Waals surface area (Å²) >= 11 is 0.0575. The van der Waals surface area contributed by atoms with Crippen molar-refractivity contribution in [2.24, 2.45) is 11.7 Å². The van der Waals surface area contributed by atoms with Crippen LogP contribution in [-0.2, 0) is 54.1 Å². The van der Waals surface area contributed by atoms with E-state index in [9.17, 15) is 74.1 Å². The number of hydrogen-bond donors (Lipinski definition) is 14. The van der Waals surface area contributed by atoms with Crippen molar-refractivity contribution in [3.63, 3.8) is 0 Å². The van der Waals surface area contributed by atoms with Gasteiger partial charge < -0.3 is 86.8 Å². The monoisotopic (exact) mass is 1000 g/mol. The van der Waals surface area contributed by atoms with Gasteiger partial charge in [0.2, 0.25) is 41.4 Å². The fraction of sp³-hybridized carbons (Fsp3) is 0.650. The molecule has 3 saturated heterocycles. The van der Waals surface area contributed by atoms with Crippen molar-refractivity contribution < 1.29 is 97.7 Å². The first-order valence-corrected chi connectivity index (χ1v) is 22.2. The van der Waals surface area contributed by atoms with Gasteiger partial charge in [0.15, 0.2) is 11.5 Å². The van der Waals surface area contributed by atoms with Crippen LogP contribution >= 0.6 is 12.3 Å². The van der Waals surface area contributed by atoms with Gasteiger partial charge in [0.25, 0.3) is 12.3 Å². The summed E-state index contributed by atoms with van der Waals surface area (Å²) in [6.07, 6.45) is -14.6. The molecule has 3 aliphatic heterocycles. The Morgan fingerprint density at radius 2 is 1.51 bits per heavy atom. The van der Waals surface area contributed by atoms with E-state index in [0.29, 0.717) is 0 Å². The van der Waals surface area contributed by atoms with E-state index in [1.165, 1.54) is 33.8 Å². The molecule has 1 aromatic carbocycles. The zero-order chi connectivity index (χ0) is 51.7. The van der Waals surface area contributed by atoms with Gasteiger partial charge in [-0.05, 0) is 45.4 Å². The molecule has 0 spiro atoms. The van der Waals surface area contributed by atoms with Crippen LogP contribution in [0.2, 0.25) is 0 Å². The highest BCUT2D eigenvalue weighted by Gasteiger charge is 2.50. The van der Waals surface area contributed by atoms with E-state index in [-0.39, 0.29) is 23.6 Å². The first-order chi connectivity index (χ1) is 32.2. The Bertz CT molecular complexity index is 2050. The Morgan fingerprint density at radius 3 is 2.13 bits per heavy atom. The number of aromatic hydroxyl groups is 1. The molecule has 3 aliphatic rings. The molecule has 386 valence electrons. The van der Waals surface area contributed by atoms with Crippen LogP contribution in [0.4, 0.5) is 4.79 Å². The number of rotatable bonds is 12. The minimum Gasteiger partial charge on any atom is -0.504 e. The molecule has 0 saturated carbocycles. The van der Waals surface area contributed by atoms with Gasteiger partial charge in [-0.15, -0.1) is 0 Å². The molecule has 8 amide bonds. The maximum Gasteiger partial charge on any atom is 0.408 e. The van der Waals surface area contributed by atoms with Gasteiger partial charge in [0.1, 0.15) is 41.9 Å². The molecule has 69 heavy (non-hydrogen) atoms. The van der Waals surface area contributed by atoms with Crippen molar-refractivity contribution in [3.8, 4) is 11.5 Å². The molecule has 1 aromatic rings. The van der Waals surface area contributed by atoms with Crippen LogP contribution < -0.4 is 36.5 Å². The number of alkyl carbamates (subject to hydrolysis) is 1. The lowest BCUT2D eigenvalue weighted by Crippen LogP contribution is -2.64. The third-order valence-corrected chi connectivity index (χ3v) is 11.6. The first-order valence-electron chi connectivity index (χ1n) is 21.5. The lowest BCUT2D eigenvalue weighted by molar-refractivity contribution is -0.433. The molecule has 28 nitrogen and oxygen atoms in total. The minimum absolute atomic E-state index is 0.0575. The van der Waals surface area contributed by atoms with Crippen LogP contribution in [0.25, 0.3) is 0 Å². The van der Waals surface area contributed by atoms with Gasteiger partial charge in [-0.3, -0.25) is 33.6 Å². The number of nitrogens with one attached hydrogen (secondary N) is 5. The van der Waals surface area contributed by atoms with E-state index in [2.05, 4.69) is 36.0 Å². The molecule has 0 radical (unpaired) electrons. The van der Waals surface area contributed by atoms with Gasteiger partial charge in [-0.1, -0.05) is 22.4 Å². The van der Waals surface area contributed by atoms with E-state index in [4.69, 9.17) is 19.9 Å². The van der Waals surface area contributed by atoms with Gasteiger partial charge in [-0.25, -0.2) is 10.1 Å². The number of benzene rings is 1. The van der Waals surface area contributed by atoms with Crippen molar-refractivity contribution >= 4 is 59.8 Å².